The van der Waals surface area contributed by atoms with E-state index in [9.17, 15) is 39.3 Å². The van der Waals surface area contributed by atoms with Gasteiger partial charge in [-0.1, -0.05) is 54.6 Å². The summed E-state index contributed by atoms with van der Waals surface area (Å²) in [4.78, 5) is 68.6. The van der Waals surface area contributed by atoms with Crippen LogP contribution in [0.25, 0.3) is 22.4 Å². The molecule has 0 spiro atoms. The third kappa shape index (κ3) is 3.65. The van der Waals surface area contributed by atoms with E-state index in [-0.39, 0.29) is 11.1 Å². The number of rotatable bonds is 3. The van der Waals surface area contributed by atoms with Crippen molar-refractivity contribution in [2.75, 3.05) is 14.1 Å². The number of phenols is 1. The summed E-state index contributed by atoms with van der Waals surface area (Å²) in [5.74, 6) is -13.2. The summed E-state index contributed by atoms with van der Waals surface area (Å²) >= 11 is 0. The van der Waals surface area contributed by atoms with Crippen molar-refractivity contribution >= 4 is 51.5 Å². The molecule has 1 amide bonds. The van der Waals surface area contributed by atoms with Crippen LogP contribution in [-0.4, -0.2) is 81.1 Å². The van der Waals surface area contributed by atoms with Gasteiger partial charge in [0, 0.05) is 5.92 Å². The van der Waals surface area contributed by atoms with Crippen molar-refractivity contribution < 1.29 is 39.3 Å². The average Bonchev–Trinajstić information content (AvgIpc) is 2.94. The van der Waals surface area contributed by atoms with E-state index in [1.807, 2.05) is 42.5 Å². The molecular weight excluding hydrogens is 540 g/mol. The monoisotopic (exact) mass is 568 g/mol. The Kier molecular flexibility index (Phi) is 6.27. The topological polar surface area (TPSA) is 175 Å². The Morgan fingerprint density at radius 2 is 1.64 bits per heavy atom. The SMILES string of the molecule is CN(C)[C@@H]1C(=O)C(C(N)=O)C(=O)[C@@]2(O)C(=O)C3C(=O)c4c(O)cccc4/C(=C\c4ccc5ccccc5c4)[C@H]3[C@H](O)[C@@H]12. The van der Waals surface area contributed by atoms with Gasteiger partial charge in [0.05, 0.1) is 29.5 Å². The first-order valence-corrected chi connectivity index (χ1v) is 13.4. The molecule has 3 aromatic rings. The molecule has 10 heteroatoms. The fourth-order valence-electron chi connectivity index (χ4n) is 7.15. The number of carbonyl (C=O) groups excluding carboxylic acids is 5. The number of nitrogens with two attached hydrogens (primary N) is 1. The van der Waals surface area contributed by atoms with Crippen LogP contribution in [0.3, 0.4) is 0 Å². The van der Waals surface area contributed by atoms with Crippen LogP contribution in [0.4, 0.5) is 0 Å². The summed E-state index contributed by atoms with van der Waals surface area (Å²) in [5.41, 5.74) is 3.37. The van der Waals surface area contributed by atoms with Gasteiger partial charge in [0.1, 0.15) is 5.75 Å². The van der Waals surface area contributed by atoms with E-state index in [4.69, 9.17) is 5.73 Å². The second-order valence-corrected chi connectivity index (χ2v) is 11.4. The number of likely N-dealkylation sites (N-methyl/N-ethyl adjacent to an activating group) is 1. The third-order valence-corrected chi connectivity index (χ3v) is 8.97. The van der Waals surface area contributed by atoms with E-state index in [0.29, 0.717) is 11.1 Å². The van der Waals surface area contributed by atoms with Gasteiger partial charge in [-0.15, -0.1) is 0 Å². The number of benzene rings is 3. The van der Waals surface area contributed by atoms with E-state index in [0.717, 1.165) is 10.8 Å². The highest BCUT2D eigenvalue weighted by Crippen LogP contribution is 2.54. The molecule has 3 aliphatic carbocycles. The molecule has 0 aliphatic heterocycles. The Balaban J connectivity index is 1.61. The summed E-state index contributed by atoms with van der Waals surface area (Å²) in [6.07, 6.45) is -0.0723. The van der Waals surface area contributed by atoms with Gasteiger partial charge in [0.15, 0.2) is 34.7 Å². The summed E-state index contributed by atoms with van der Waals surface area (Å²) < 4.78 is 0. The molecule has 2 saturated carbocycles. The first kappa shape index (κ1) is 27.6. The molecule has 5 N–H and O–H groups in total. The Hall–Kier alpha value is -4.51. The Labute approximate surface area is 240 Å². The summed E-state index contributed by atoms with van der Waals surface area (Å²) in [6.45, 7) is 0. The minimum Gasteiger partial charge on any atom is -0.507 e. The standard InChI is InChI=1S/C32H28N2O8/c1-34(2)25-24-27(37)21-18(13-14-10-11-15-6-3-4-7-16(15)12-14)17-8-5-9-19(35)20(17)26(36)22(21)29(39)32(24,42)30(40)23(28(25)38)31(33)41/h3-13,21-25,27,35,37,42H,1-2H3,(H2,33,41)/b18-13+/t21-,22?,23?,24-,25+,27+,32+/m1/s1. The maximum Gasteiger partial charge on any atom is 0.235 e. The fraction of sp³-hybridized carbons (Fsp3) is 0.281. The number of nitrogens with zero attached hydrogens (tertiary/aromatic N) is 1. The van der Waals surface area contributed by atoms with E-state index < -0.39 is 76.2 Å². The van der Waals surface area contributed by atoms with Gasteiger partial charge < -0.3 is 21.1 Å². The number of fused-ring (bicyclic) bond motifs is 4. The lowest BCUT2D eigenvalue weighted by atomic mass is 9.50. The Morgan fingerprint density at radius 3 is 2.31 bits per heavy atom. The number of phenolic OH excluding ortho intramolecular Hbond substituents is 1. The highest BCUT2D eigenvalue weighted by molar-refractivity contribution is 6.33. The molecule has 2 fully saturated rings. The van der Waals surface area contributed by atoms with Crippen LogP contribution in [0.1, 0.15) is 21.5 Å². The summed E-state index contributed by atoms with van der Waals surface area (Å²) in [6, 6.07) is 16.2. The largest absolute Gasteiger partial charge is 0.507 e. The molecule has 2 unspecified atom stereocenters. The zero-order valence-corrected chi connectivity index (χ0v) is 22.7. The molecule has 0 saturated heterocycles. The smallest absolute Gasteiger partial charge is 0.235 e. The van der Waals surface area contributed by atoms with E-state index >= 15 is 0 Å². The first-order chi connectivity index (χ1) is 19.9. The van der Waals surface area contributed by atoms with Gasteiger partial charge in [-0.3, -0.25) is 28.9 Å². The number of aliphatic hydroxyl groups excluding tert-OH is 1. The second kappa shape index (κ2) is 9.52. The zero-order valence-electron chi connectivity index (χ0n) is 22.7. The van der Waals surface area contributed by atoms with Crippen LogP contribution in [-0.2, 0) is 19.2 Å². The van der Waals surface area contributed by atoms with Crippen molar-refractivity contribution in [2.45, 2.75) is 17.7 Å². The first-order valence-electron chi connectivity index (χ1n) is 13.4. The Bertz CT molecular complexity index is 1760. The van der Waals surface area contributed by atoms with Crippen molar-refractivity contribution in [1.29, 1.82) is 0 Å². The molecule has 42 heavy (non-hydrogen) atoms. The predicted octanol–water partition coefficient (Wildman–Crippen LogP) is 0.989. The maximum atomic E-state index is 14.2. The van der Waals surface area contributed by atoms with Crippen molar-refractivity contribution in [3.8, 4) is 5.75 Å². The fourth-order valence-corrected chi connectivity index (χ4v) is 7.15. The molecule has 0 heterocycles. The molecule has 6 rings (SSSR count). The average molecular weight is 569 g/mol. The van der Waals surface area contributed by atoms with Crippen LogP contribution < -0.4 is 5.73 Å². The van der Waals surface area contributed by atoms with E-state index in [2.05, 4.69) is 0 Å². The molecular formula is C32H28N2O8. The van der Waals surface area contributed by atoms with Crippen LogP contribution in [0.15, 0.2) is 60.7 Å². The van der Waals surface area contributed by atoms with Crippen LogP contribution in [0.5, 0.6) is 5.75 Å². The molecule has 10 nitrogen and oxygen atoms in total. The molecule has 0 bridgehead atoms. The number of hydrogen-bond donors (Lipinski definition) is 4. The lowest BCUT2D eigenvalue weighted by Crippen LogP contribution is -2.77. The van der Waals surface area contributed by atoms with E-state index in [1.54, 1.807) is 12.1 Å². The minimum absolute atomic E-state index is 0.191. The third-order valence-electron chi connectivity index (χ3n) is 8.97. The molecule has 7 atom stereocenters. The predicted molar refractivity (Wildman–Crippen MR) is 151 cm³/mol. The number of aliphatic hydroxyl groups is 2. The maximum absolute atomic E-state index is 14.2. The van der Waals surface area contributed by atoms with Gasteiger partial charge in [-0.2, -0.15) is 0 Å². The van der Waals surface area contributed by atoms with Crippen molar-refractivity contribution in [3.63, 3.8) is 0 Å². The molecule has 3 aromatic carbocycles. The van der Waals surface area contributed by atoms with Crippen molar-refractivity contribution in [2.24, 2.45) is 29.4 Å². The molecule has 214 valence electrons. The van der Waals surface area contributed by atoms with E-state index in [1.165, 1.54) is 31.1 Å². The number of primary amides is 1. The van der Waals surface area contributed by atoms with Crippen molar-refractivity contribution in [3.05, 3.63) is 77.4 Å². The van der Waals surface area contributed by atoms with Gasteiger partial charge in [-0.05, 0) is 53.7 Å². The number of amides is 1. The minimum atomic E-state index is -3.06. The number of hydrogen-bond acceptors (Lipinski definition) is 9. The van der Waals surface area contributed by atoms with Gasteiger partial charge in [-0.25, -0.2) is 0 Å². The van der Waals surface area contributed by atoms with Crippen LogP contribution in [0.2, 0.25) is 0 Å². The lowest BCUT2D eigenvalue weighted by molar-refractivity contribution is -0.192. The highest BCUT2D eigenvalue weighted by atomic mass is 16.3. The second-order valence-electron chi connectivity index (χ2n) is 11.4. The Morgan fingerprint density at radius 1 is 0.952 bits per heavy atom. The van der Waals surface area contributed by atoms with Crippen LogP contribution in [0, 0.1) is 23.7 Å². The van der Waals surface area contributed by atoms with Crippen LogP contribution >= 0.6 is 0 Å². The van der Waals surface area contributed by atoms with Gasteiger partial charge >= 0.3 is 0 Å². The molecule has 3 aliphatic rings. The summed E-state index contributed by atoms with van der Waals surface area (Å²) in [7, 11) is 2.90. The van der Waals surface area contributed by atoms with Gasteiger partial charge in [0.2, 0.25) is 5.91 Å². The number of aromatic hydroxyl groups is 1. The number of ketones is 4. The normalized spacial score (nSPS) is 31.7. The summed E-state index contributed by atoms with van der Waals surface area (Å²) in [5, 5.41) is 36.5. The highest BCUT2D eigenvalue weighted by Gasteiger charge is 2.72. The van der Waals surface area contributed by atoms with Gasteiger partial charge in [0.25, 0.3) is 0 Å². The quantitative estimate of drug-likeness (QED) is 0.336. The number of Topliss-reactive ketones (excluding diaryl/α,β-unsaturated/α-hetero) is 4. The molecule has 0 radical (unpaired) electrons. The number of carbonyl (C=O) groups is 5. The zero-order chi connectivity index (χ0) is 30.2. The molecule has 0 aromatic heterocycles. The lowest BCUT2D eigenvalue weighted by Gasteiger charge is -2.55. The van der Waals surface area contributed by atoms with Crippen molar-refractivity contribution in [1.82, 2.24) is 4.90 Å².